The van der Waals surface area contributed by atoms with Gasteiger partial charge in [-0.25, -0.2) is 0 Å². The van der Waals surface area contributed by atoms with Gasteiger partial charge in [0.25, 0.3) is 0 Å². The molecule has 0 aromatic heterocycles. The maximum atomic E-state index is 9.30. The molecule has 1 N–H and O–H groups in total. The summed E-state index contributed by atoms with van der Waals surface area (Å²) in [6, 6.07) is 0. The maximum Gasteiger partial charge on any atom is 0.137 e. The van der Waals surface area contributed by atoms with Crippen LogP contribution in [0.5, 0.6) is 0 Å². The lowest BCUT2D eigenvalue weighted by molar-refractivity contribution is 0.208. The monoisotopic (exact) mass is 228 g/mol. The van der Waals surface area contributed by atoms with E-state index in [9.17, 15) is 5.11 Å². The Labute approximate surface area is 95.9 Å². The van der Waals surface area contributed by atoms with Crippen LogP contribution in [0.15, 0.2) is 35.1 Å². The van der Waals surface area contributed by atoms with Crippen LogP contribution in [0.1, 0.15) is 26.7 Å². The molecule has 0 radical (unpaired) electrons. The Hall–Kier alpha value is -0.730. The summed E-state index contributed by atoms with van der Waals surface area (Å²) >= 11 is 6.05. The summed E-state index contributed by atoms with van der Waals surface area (Å²) in [6.07, 6.45) is 5.29. The van der Waals surface area contributed by atoms with E-state index in [0.29, 0.717) is 16.9 Å². The Balaban J connectivity index is 2.74. The average Bonchev–Trinajstić information content (AvgIpc) is 2.97. The van der Waals surface area contributed by atoms with Crippen LogP contribution in [0.25, 0.3) is 0 Å². The Morgan fingerprint density at radius 3 is 2.60 bits per heavy atom. The molecule has 0 bridgehead atoms. The predicted molar refractivity (Wildman–Crippen MR) is 62.6 cm³/mol. The van der Waals surface area contributed by atoms with E-state index in [1.807, 2.05) is 6.92 Å². The molecule has 0 aliphatic heterocycles. The van der Waals surface area contributed by atoms with Gasteiger partial charge in [-0.1, -0.05) is 18.2 Å². The van der Waals surface area contributed by atoms with Gasteiger partial charge in [-0.15, -0.1) is 0 Å². The van der Waals surface area contributed by atoms with E-state index in [4.69, 9.17) is 16.3 Å². The SMILES string of the molecule is C=C/C(OC1CC1)=C(Cl)\C=C(/C)[C@H](C)O. The molecule has 0 unspecified atom stereocenters. The highest BCUT2D eigenvalue weighted by atomic mass is 35.5. The van der Waals surface area contributed by atoms with Crippen LogP contribution in [0.2, 0.25) is 0 Å². The number of rotatable bonds is 5. The lowest BCUT2D eigenvalue weighted by Gasteiger charge is -2.08. The summed E-state index contributed by atoms with van der Waals surface area (Å²) < 4.78 is 5.56. The molecular weight excluding hydrogens is 212 g/mol. The number of ether oxygens (including phenoxy) is 1. The second-order valence-electron chi connectivity index (χ2n) is 3.80. The zero-order valence-corrected chi connectivity index (χ0v) is 9.92. The van der Waals surface area contributed by atoms with Crippen molar-refractivity contribution < 1.29 is 9.84 Å². The zero-order chi connectivity index (χ0) is 11.4. The van der Waals surface area contributed by atoms with Gasteiger partial charge in [0.2, 0.25) is 0 Å². The average molecular weight is 229 g/mol. The first-order valence-corrected chi connectivity index (χ1v) is 5.47. The van der Waals surface area contributed by atoms with Crippen LogP contribution in [0.4, 0.5) is 0 Å². The molecule has 84 valence electrons. The first kappa shape index (κ1) is 12.3. The number of hydrogen-bond donors (Lipinski definition) is 1. The molecule has 1 aliphatic rings. The molecule has 3 heteroatoms. The molecule has 0 spiro atoms. The maximum absolute atomic E-state index is 9.30. The minimum Gasteiger partial charge on any atom is -0.489 e. The lowest BCUT2D eigenvalue weighted by atomic mass is 10.2. The van der Waals surface area contributed by atoms with Crippen LogP contribution in [-0.2, 0) is 4.74 Å². The smallest absolute Gasteiger partial charge is 0.137 e. The molecule has 0 aromatic rings. The Morgan fingerprint density at radius 2 is 2.20 bits per heavy atom. The molecule has 0 amide bonds. The Kier molecular flexibility index (Phi) is 4.43. The quantitative estimate of drug-likeness (QED) is 0.579. The fourth-order valence-corrected chi connectivity index (χ4v) is 1.25. The molecule has 0 aromatic carbocycles. The van der Waals surface area contributed by atoms with E-state index in [1.54, 1.807) is 19.1 Å². The molecule has 1 fully saturated rings. The van der Waals surface area contributed by atoms with Crippen molar-refractivity contribution in [1.82, 2.24) is 0 Å². The van der Waals surface area contributed by atoms with Gasteiger partial charge in [0.1, 0.15) is 5.76 Å². The molecule has 15 heavy (non-hydrogen) atoms. The van der Waals surface area contributed by atoms with Gasteiger partial charge in [-0.05, 0) is 44.4 Å². The lowest BCUT2D eigenvalue weighted by Crippen LogP contribution is -2.01. The van der Waals surface area contributed by atoms with Crippen LogP contribution in [-0.4, -0.2) is 17.3 Å². The third-order valence-corrected chi connectivity index (χ3v) is 2.55. The first-order chi connectivity index (χ1) is 7.04. The normalized spacial score (nSPS) is 20.7. The third-order valence-electron chi connectivity index (χ3n) is 2.25. The topological polar surface area (TPSA) is 29.5 Å². The van der Waals surface area contributed by atoms with E-state index >= 15 is 0 Å². The van der Waals surface area contributed by atoms with Crippen molar-refractivity contribution in [3.63, 3.8) is 0 Å². The third kappa shape index (κ3) is 4.10. The van der Waals surface area contributed by atoms with Crippen molar-refractivity contribution in [2.45, 2.75) is 38.9 Å². The molecule has 0 saturated heterocycles. The molecule has 0 heterocycles. The predicted octanol–water partition coefficient (Wildman–Crippen LogP) is 3.13. The van der Waals surface area contributed by atoms with Crippen molar-refractivity contribution in [1.29, 1.82) is 0 Å². The summed E-state index contributed by atoms with van der Waals surface area (Å²) in [7, 11) is 0. The summed E-state index contributed by atoms with van der Waals surface area (Å²) in [6.45, 7) is 7.18. The zero-order valence-electron chi connectivity index (χ0n) is 9.16. The van der Waals surface area contributed by atoms with E-state index in [1.165, 1.54) is 0 Å². The minimum atomic E-state index is -0.495. The fourth-order valence-electron chi connectivity index (χ4n) is 0.959. The van der Waals surface area contributed by atoms with Crippen molar-refractivity contribution in [3.8, 4) is 0 Å². The molecule has 2 nitrogen and oxygen atoms in total. The van der Waals surface area contributed by atoms with Crippen molar-refractivity contribution in [2.75, 3.05) is 0 Å². The van der Waals surface area contributed by atoms with Gasteiger partial charge in [-0.3, -0.25) is 0 Å². The number of allylic oxidation sites excluding steroid dienone is 3. The Bertz CT molecular complexity index is 299. The van der Waals surface area contributed by atoms with E-state index < -0.39 is 6.10 Å². The van der Waals surface area contributed by atoms with Crippen LogP contribution >= 0.6 is 11.6 Å². The van der Waals surface area contributed by atoms with Crippen LogP contribution in [0, 0.1) is 0 Å². The van der Waals surface area contributed by atoms with E-state index in [0.717, 1.165) is 18.4 Å². The number of halogens is 1. The largest absolute Gasteiger partial charge is 0.489 e. The first-order valence-electron chi connectivity index (χ1n) is 5.09. The van der Waals surface area contributed by atoms with Gasteiger partial charge >= 0.3 is 0 Å². The molecule has 1 saturated carbocycles. The molecule has 1 atom stereocenters. The number of aliphatic hydroxyl groups excluding tert-OH is 1. The minimum absolute atomic E-state index is 0.298. The van der Waals surface area contributed by atoms with Gasteiger partial charge in [0, 0.05) is 0 Å². The van der Waals surface area contributed by atoms with Gasteiger partial charge in [0.15, 0.2) is 0 Å². The van der Waals surface area contributed by atoms with Crippen molar-refractivity contribution in [3.05, 3.63) is 35.1 Å². The number of hydrogen-bond acceptors (Lipinski definition) is 2. The van der Waals surface area contributed by atoms with Crippen molar-refractivity contribution in [2.24, 2.45) is 0 Å². The highest BCUT2D eigenvalue weighted by molar-refractivity contribution is 6.31. The van der Waals surface area contributed by atoms with Crippen LogP contribution in [0.3, 0.4) is 0 Å². The second kappa shape index (κ2) is 5.38. The standard InChI is InChI=1S/C12H17ClO2/c1-4-12(15-10-5-6-10)11(13)7-8(2)9(3)14/h4,7,9-10,14H,1,5-6H2,2-3H3/b8-7+,12-11-/t9-/m0/s1. The summed E-state index contributed by atoms with van der Waals surface area (Å²) in [5.74, 6) is 0.596. The van der Waals surface area contributed by atoms with Crippen molar-refractivity contribution >= 4 is 11.6 Å². The fraction of sp³-hybridized carbons (Fsp3) is 0.500. The highest BCUT2D eigenvalue weighted by Gasteiger charge is 2.24. The highest BCUT2D eigenvalue weighted by Crippen LogP contribution is 2.29. The van der Waals surface area contributed by atoms with Gasteiger partial charge < -0.3 is 9.84 Å². The Morgan fingerprint density at radius 1 is 1.60 bits per heavy atom. The molecule has 1 aliphatic carbocycles. The summed E-state index contributed by atoms with van der Waals surface area (Å²) in [5.41, 5.74) is 0.804. The molecular formula is C12H17ClO2. The summed E-state index contributed by atoms with van der Waals surface area (Å²) in [4.78, 5) is 0. The number of aliphatic hydroxyl groups is 1. The van der Waals surface area contributed by atoms with E-state index in [2.05, 4.69) is 6.58 Å². The van der Waals surface area contributed by atoms with Gasteiger partial charge in [-0.2, -0.15) is 0 Å². The van der Waals surface area contributed by atoms with E-state index in [-0.39, 0.29) is 0 Å². The summed E-state index contributed by atoms with van der Waals surface area (Å²) in [5, 5.41) is 9.80. The molecule has 1 rings (SSSR count). The second-order valence-corrected chi connectivity index (χ2v) is 4.21. The van der Waals surface area contributed by atoms with Gasteiger partial charge in [0.05, 0.1) is 17.2 Å². The van der Waals surface area contributed by atoms with Crippen LogP contribution < -0.4 is 0 Å².